The van der Waals surface area contributed by atoms with Gasteiger partial charge < -0.3 is 4.74 Å². The molecule has 20 heavy (non-hydrogen) atoms. The van der Waals surface area contributed by atoms with E-state index in [1.165, 1.54) is 17.2 Å². The zero-order valence-electron chi connectivity index (χ0n) is 10.1. The summed E-state index contributed by atoms with van der Waals surface area (Å²) in [5.41, 5.74) is 0.819. The highest BCUT2D eigenvalue weighted by Crippen LogP contribution is 2.21. The van der Waals surface area contributed by atoms with Crippen molar-refractivity contribution in [1.29, 1.82) is 0 Å². The molecule has 1 aromatic carbocycles. The van der Waals surface area contributed by atoms with Crippen LogP contribution in [0.3, 0.4) is 0 Å². The van der Waals surface area contributed by atoms with E-state index < -0.39 is 5.82 Å². The van der Waals surface area contributed by atoms with Gasteiger partial charge in [0, 0.05) is 6.20 Å². The van der Waals surface area contributed by atoms with Crippen molar-refractivity contribution >= 4 is 11.6 Å². The van der Waals surface area contributed by atoms with Crippen molar-refractivity contribution in [1.82, 2.24) is 19.7 Å². The monoisotopic (exact) mass is 290 g/mol. The summed E-state index contributed by atoms with van der Waals surface area (Å²) in [6.07, 6.45) is 2.76. The molecule has 0 atom stereocenters. The molecule has 7 heteroatoms. The average Bonchev–Trinajstić information content (AvgIpc) is 2.92. The van der Waals surface area contributed by atoms with Crippen molar-refractivity contribution in [3.63, 3.8) is 0 Å². The lowest BCUT2D eigenvalue weighted by Crippen LogP contribution is -1.96. The van der Waals surface area contributed by atoms with E-state index in [-0.39, 0.29) is 16.9 Å². The number of rotatable bonds is 3. The number of aromatic nitrogens is 4. The third-order valence-corrected chi connectivity index (χ3v) is 2.66. The Bertz CT molecular complexity index is 732. The fourth-order valence-corrected chi connectivity index (χ4v) is 1.71. The minimum absolute atomic E-state index is 0.00238. The predicted molar refractivity (Wildman–Crippen MR) is 70.6 cm³/mol. The second-order valence-corrected chi connectivity index (χ2v) is 4.29. The quantitative estimate of drug-likeness (QED) is 0.743. The second-order valence-electron chi connectivity index (χ2n) is 3.85. The summed E-state index contributed by atoms with van der Waals surface area (Å²) < 4.78 is 20.2. The van der Waals surface area contributed by atoms with Crippen molar-refractivity contribution in [3.8, 4) is 17.6 Å². The van der Waals surface area contributed by atoms with Gasteiger partial charge in [0.15, 0.2) is 5.82 Å². The maximum absolute atomic E-state index is 13.5. The summed E-state index contributed by atoms with van der Waals surface area (Å²) in [4.78, 5) is 7.68. The zero-order valence-corrected chi connectivity index (χ0v) is 10.8. The zero-order chi connectivity index (χ0) is 13.9. The molecule has 0 aliphatic carbocycles. The Kier molecular flexibility index (Phi) is 3.30. The second kappa shape index (κ2) is 5.26. The smallest absolute Gasteiger partial charge is 0.342 e. The molecule has 0 saturated carbocycles. The van der Waals surface area contributed by atoms with Crippen molar-refractivity contribution in [2.45, 2.75) is 0 Å². The molecule has 100 valence electrons. The minimum atomic E-state index is -0.673. The molecule has 0 unspecified atom stereocenters. The lowest BCUT2D eigenvalue weighted by molar-refractivity contribution is 0.393. The Hall–Kier alpha value is -2.47. The highest BCUT2D eigenvalue weighted by atomic mass is 35.5. The third kappa shape index (κ3) is 2.60. The van der Waals surface area contributed by atoms with Gasteiger partial charge in [0.05, 0.1) is 10.7 Å². The molecule has 0 spiro atoms. The summed E-state index contributed by atoms with van der Waals surface area (Å²) in [5, 5.41) is 4.28. The van der Waals surface area contributed by atoms with E-state index >= 15 is 0 Å². The highest BCUT2D eigenvalue weighted by Gasteiger charge is 2.10. The molecule has 3 rings (SSSR count). The molecule has 2 aromatic heterocycles. The van der Waals surface area contributed by atoms with E-state index in [9.17, 15) is 4.39 Å². The van der Waals surface area contributed by atoms with Crippen LogP contribution in [0, 0.1) is 5.82 Å². The topological polar surface area (TPSA) is 52.8 Å². The lowest BCUT2D eigenvalue weighted by Gasteiger charge is -2.01. The molecule has 0 radical (unpaired) electrons. The Morgan fingerprint density at radius 1 is 1.15 bits per heavy atom. The number of nitrogens with zero attached hydrogens (tertiary/aromatic N) is 4. The molecule has 0 fully saturated rings. The first kappa shape index (κ1) is 12.6. The molecule has 0 bridgehead atoms. The van der Waals surface area contributed by atoms with E-state index in [0.29, 0.717) is 0 Å². The number of para-hydroxylation sites is 1. The maximum atomic E-state index is 13.5. The first-order chi connectivity index (χ1) is 9.72. The number of hydrogen-bond acceptors (Lipinski definition) is 4. The van der Waals surface area contributed by atoms with Gasteiger partial charge in [0.25, 0.3) is 5.88 Å². The predicted octanol–water partition coefficient (Wildman–Crippen LogP) is 3.25. The molecule has 3 aromatic rings. The molecule has 5 nitrogen and oxygen atoms in total. The summed E-state index contributed by atoms with van der Waals surface area (Å²) in [6, 6.07) is 10.5. The first-order valence-electron chi connectivity index (χ1n) is 5.68. The molecule has 0 aliphatic rings. The number of benzene rings is 1. The first-order valence-corrected chi connectivity index (χ1v) is 6.06. The third-order valence-electron chi connectivity index (χ3n) is 2.45. The summed E-state index contributed by atoms with van der Waals surface area (Å²) >= 11 is 5.61. The van der Waals surface area contributed by atoms with E-state index in [2.05, 4.69) is 15.1 Å². The van der Waals surface area contributed by atoms with Crippen LogP contribution in [0.5, 0.6) is 11.9 Å². The van der Waals surface area contributed by atoms with Gasteiger partial charge in [-0.05, 0) is 18.2 Å². The van der Waals surface area contributed by atoms with Gasteiger partial charge in [-0.25, -0.2) is 14.1 Å². The van der Waals surface area contributed by atoms with Crippen molar-refractivity contribution in [2.75, 3.05) is 0 Å². The van der Waals surface area contributed by atoms with Gasteiger partial charge in [0.2, 0.25) is 0 Å². The van der Waals surface area contributed by atoms with Gasteiger partial charge in [-0.2, -0.15) is 4.98 Å². The molecule has 0 amide bonds. The maximum Gasteiger partial charge on any atom is 0.342 e. The molecular formula is C13H8ClFN4O. The summed E-state index contributed by atoms with van der Waals surface area (Å²) in [7, 11) is 0. The van der Waals surface area contributed by atoms with Gasteiger partial charge in [-0.3, -0.25) is 0 Å². The fourth-order valence-electron chi connectivity index (χ4n) is 1.56. The standard InChI is InChI=1S/C13H8ClFN4O/c14-9-6-11(15)12(16-7-9)20-13-17-8-19(18-13)10-4-2-1-3-5-10/h1-8H. The molecule has 0 aliphatic heterocycles. The van der Waals surface area contributed by atoms with Crippen LogP contribution in [-0.2, 0) is 0 Å². The van der Waals surface area contributed by atoms with Crippen LogP contribution in [0.4, 0.5) is 4.39 Å². The van der Waals surface area contributed by atoms with Crippen LogP contribution in [-0.4, -0.2) is 19.7 Å². The van der Waals surface area contributed by atoms with Crippen LogP contribution in [0.1, 0.15) is 0 Å². The van der Waals surface area contributed by atoms with Gasteiger partial charge in [-0.1, -0.05) is 29.8 Å². The SMILES string of the molecule is Fc1cc(Cl)cnc1Oc1ncn(-c2ccccc2)n1. The Balaban J connectivity index is 1.84. The molecular weight excluding hydrogens is 283 g/mol. The van der Waals surface area contributed by atoms with Crippen molar-refractivity contribution in [3.05, 3.63) is 59.8 Å². The Morgan fingerprint density at radius 3 is 2.70 bits per heavy atom. The van der Waals surface area contributed by atoms with E-state index in [1.807, 2.05) is 30.3 Å². The largest absolute Gasteiger partial charge is 0.401 e. The summed E-state index contributed by atoms with van der Waals surface area (Å²) in [5.74, 6) is -0.895. The fraction of sp³-hybridized carbons (Fsp3) is 0. The number of ether oxygens (including phenoxy) is 1. The lowest BCUT2D eigenvalue weighted by atomic mass is 10.3. The van der Waals surface area contributed by atoms with Crippen LogP contribution < -0.4 is 4.74 Å². The van der Waals surface area contributed by atoms with Crippen LogP contribution in [0.25, 0.3) is 5.69 Å². The Morgan fingerprint density at radius 2 is 1.95 bits per heavy atom. The van der Waals surface area contributed by atoms with Crippen molar-refractivity contribution in [2.24, 2.45) is 0 Å². The van der Waals surface area contributed by atoms with E-state index in [0.717, 1.165) is 11.8 Å². The van der Waals surface area contributed by atoms with E-state index in [4.69, 9.17) is 16.3 Å². The average molecular weight is 291 g/mol. The highest BCUT2D eigenvalue weighted by molar-refractivity contribution is 6.30. The van der Waals surface area contributed by atoms with Crippen LogP contribution in [0.15, 0.2) is 48.9 Å². The summed E-state index contributed by atoms with van der Waals surface area (Å²) in [6.45, 7) is 0. The Labute approximate surface area is 118 Å². The molecule has 2 heterocycles. The van der Waals surface area contributed by atoms with Gasteiger partial charge in [-0.15, -0.1) is 5.10 Å². The van der Waals surface area contributed by atoms with Crippen molar-refractivity contribution < 1.29 is 9.13 Å². The van der Waals surface area contributed by atoms with Crippen LogP contribution in [0.2, 0.25) is 5.02 Å². The van der Waals surface area contributed by atoms with Crippen LogP contribution >= 0.6 is 11.6 Å². The van der Waals surface area contributed by atoms with E-state index in [1.54, 1.807) is 0 Å². The number of halogens is 2. The van der Waals surface area contributed by atoms with Gasteiger partial charge >= 0.3 is 6.01 Å². The molecule has 0 saturated heterocycles. The molecule has 0 N–H and O–H groups in total. The number of hydrogen-bond donors (Lipinski definition) is 0. The number of pyridine rings is 1. The van der Waals surface area contributed by atoms with Gasteiger partial charge in [0.1, 0.15) is 6.33 Å². The minimum Gasteiger partial charge on any atom is -0.401 e. The normalized spacial score (nSPS) is 10.5.